The zero-order chi connectivity index (χ0) is 14.4. The van der Waals surface area contributed by atoms with Crippen LogP contribution in [0.15, 0.2) is 18.2 Å². The van der Waals surface area contributed by atoms with Crippen LogP contribution in [0, 0.1) is 11.3 Å². The van der Waals surface area contributed by atoms with E-state index in [-0.39, 0.29) is 11.3 Å². The quantitative estimate of drug-likeness (QED) is 0.924. The lowest BCUT2D eigenvalue weighted by molar-refractivity contribution is 0.0925. The fourth-order valence-electron chi connectivity index (χ4n) is 3.34. The van der Waals surface area contributed by atoms with E-state index < -0.39 is 9.84 Å². The first-order valence-corrected chi connectivity index (χ1v) is 9.34. The van der Waals surface area contributed by atoms with Crippen LogP contribution < -0.4 is 5.32 Å². The molecule has 0 bridgehead atoms. The van der Waals surface area contributed by atoms with Gasteiger partial charge in [-0.25, -0.2) is 8.42 Å². The maximum Gasteiger partial charge on any atom is 0.150 e. The van der Waals surface area contributed by atoms with E-state index in [1.165, 1.54) is 0 Å². The van der Waals surface area contributed by atoms with Crippen molar-refractivity contribution in [3.05, 3.63) is 33.8 Å². The number of hydrogen-bond acceptors (Lipinski definition) is 3. The molecule has 1 unspecified atom stereocenters. The number of hydrogen-bond donors (Lipinski definition) is 1. The second-order valence-corrected chi connectivity index (χ2v) is 8.99. The molecule has 0 radical (unpaired) electrons. The Labute approximate surface area is 129 Å². The molecule has 2 heterocycles. The van der Waals surface area contributed by atoms with Gasteiger partial charge in [0.15, 0.2) is 9.84 Å². The molecule has 2 saturated heterocycles. The third-order valence-electron chi connectivity index (χ3n) is 4.64. The summed E-state index contributed by atoms with van der Waals surface area (Å²) in [5.41, 5.74) is 0.930. The molecule has 0 aliphatic carbocycles. The molecule has 20 heavy (non-hydrogen) atoms. The molecule has 0 aromatic heterocycles. The van der Waals surface area contributed by atoms with Gasteiger partial charge in [-0.05, 0) is 36.5 Å². The van der Waals surface area contributed by atoms with E-state index in [2.05, 4.69) is 5.32 Å². The number of rotatable bonds is 3. The monoisotopic (exact) mass is 333 g/mol. The number of halogens is 2. The zero-order valence-electron chi connectivity index (χ0n) is 11.0. The van der Waals surface area contributed by atoms with Crippen LogP contribution in [0.5, 0.6) is 0 Å². The van der Waals surface area contributed by atoms with Gasteiger partial charge in [-0.2, -0.15) is 0 Å². The summed E-state index contributed by atoms with van der Waals surface area (Å²) < 4.78 is 23.5. The summed E-state index contributed by atoms with van der Waals surface area (Å²) in [5, 5.41) is 4.63. The van der Waals surface area contributed by atoms with Gasteiger partial charge < -0.3 is 5.32 Å². The van der Waals surface area contributed by atoms with E-state index in [1.807, 2.05) is 18.2 Å². The third-order valence-corrected chi connectivity index (χ3v) is 7.12. The summed E-state index contributed by atoms with van der Waals surface area (Å²) in [5.74, 6) is 0.827. The molecule has 1 atom stereocenters. The molecular formula is C14H17Cl2NO2S. The standard InChI is InChI=1S/C14H17Cl2NO2S/c15-12-2-1-3-13(16)11(12)6-14(8-17-9-14)10-4-5-20(18,19)7-10/h1-3,10,17H,4-9H2. The van der Waals surface area contributed by atoms with Crippen molar-refractivity contribution in [1.29, 1.82) is 0 Å². The molecule has 2 aliphatic heterocycles. The minimum absolute atomic E-state index is 0.0157. The molecule has 2 fully saturated rings. The van der Waals surface area contributed by atoms with Crippen molar-refractivity contribution in [2.24, 2.45) is 11.3 Å². The molecule has 6 heteroatoms. The van der Waals surface area contributed by atoms with Crippen LogP contribution in [0.25, 0.3) is 0 Å². The van der Waals surface area contributed by atoms with Gasteiger partial charge in [-0.3, -0.25) is 0 Å². The van der Waals surface area contributed by atoms with Crippen molar-refractivity contribution in [2.75, 3.05) is 24.6 Å². The molecule has 1 N–H and O–H groups in total. The molecule has 1 aromatic rings. The molecule has 110 valence electrons. The van der Waals surface area contributed by atoms with E-state index in [4.69, 9.17) is 23.2 Å². The predicted octanol–water partition coefficient (Wildman–Crippen LogP) is 2.56. The Morgan fingerprint density at radius 3 is 2.35 bits per heavy atom. The highest BCUT2D eigenvalue weighted by atomic mass is 35.5. The minimum atomic E-state index is -2.86. The second-order valence-electron chi connectivity index (χ2n) is 5.94. The molecule has 1 aromatic carbocycles. The first-order chi connectivity index (χ1) is 9.42. The van der Waals surface area contributed by atoms with Crippen LogP contribution in [0.2, 0.25) is 10.0 Å². The van der Waals surface area contributed by atoms with E-state index in [0.29, 0.717) is 21.6 Å². The van der Waals surface area contributed by atoms with Crippen LogP contribution >= 0.6 is 23.2 Å². The lowest BCUT2D eigenvalue weighted by Crippen LogP contribution is -2.59. The maximum absolute atomic E-state index is 11.7. The summed E-state index contributed by atoms with van der Waals surface area (Å²) in [4.78, 5) is 0. The van der Waals surface area contributed by atoms with Crippen LogP contribution in [-0.2, 0) is 16.3 Å². The number of sulfone groups is 1. The summed E-state index contributed by atoms with van der Waals surface area (Å²) >= 11 is 12.5. The van der Waals surface area contributed by atoms with Gasteiger partial charge in [-0.15, -0.1) is 0 Å². The van der Waals surface area contributed by atoms with E-state index in [9.17, 15) is 8.42 Å². The van der Waals surface area contributed by atoms with Crippen LogP contribution in [-0.4, -0.2) is 33.0 Å². The highest BCUT2D eigenvalue weighted by Gasteiger charge is 2.48. The first kappa shape index (κ1) is 14.6. The summed E-state index contributed by atoms with van der Waals surface area (Å²) in [6.07, 6.45) is 1.50. The summed E-state index contributed by atoms with van der Waals surface area (Å²) in [6, 6.07) is 5.52. The molecule has 0 spiro atoms. The average molecular weight is 334 g/mol. The van der Waals surface area contributed by atoms with Crippen molar-refractivity contribution in [2.45, 2.75) is 12.8 Å². The van der Waals surface area contributed by atoms with Gasteiger partial charge in [0.2, 0.25) is 0 Å². The number of benzene rings is 1. The van der Waals surface area contributed by atoms with Crippen LogP contribution in [0.1, 0.15) is 12.0 Å². The maximum atomic E-state index is 11.7. The van der Waals surface area contributed by atoms with E-state index >= 15 is 0 Å². The molecule has 2 aliphatic rings. The van der Waals surface area contributed by atoms with Crippen LogP contribution in [0.4, 0.5) is 0 Å². The van der Waals surface area contributed by atoms with Gasteiger partial charge in [0.1, 0.15) is 0 Å². The minimum Gasteiger partial charge on any atom is -0.315 e. The molecule has 3 rings (SSSR count). The molecule has 0 amide bonds. The predicted molar refractivity (Wildman–Crippen MR) is 82.2 cm³/mol. The fourth-order valence-corrected chi connectivity index (χ4v) is 5.81. The van der Waals surface area contributed by atoms with Crippen LogP contribution in [0.3, 0.4) is 0 Å². The van der Waals surface area contributed by atoms with Crippen molar-refractivity contribution in [1.82, 2.24) is 5.32 Å². The van der Waals surface area contributed by atoms with E-state index in [1.54, 1.807) is 0 Å². The Balaban J connectivity index is 1.87. The largest absolute Gasteiger partial charge is 0.315 e. The Morgan fingerprint density at radius 1 is 1.25 bits per heavy atom. The van der Waals surface area contributed by atoms with Gasteiger partial charge in [0, 0.05) is 28.5 Å². The Bertz CT molecular complexity index is 606. The third kappa shape index (κ3) is 2.59. The van der Waals surface area contributed by atoms with Crippen molar-refractivity contribution in [3.8, 4) is 0 Å². The summed E-state index contributed by atoms with van der Waals surface area (Å²) in [7, 11) is -2.86. The summed E-state index contributed by atoms with van der Waals surface area (Å²) in [6.45, 7) is 1.68. The smallest absolute Gasteiger partial charge is 0.150 e. The highest BCUT2D eigenvalue weighted by molar-refractivity contribution is 7.91. The SMILES string of the molecule is O=S1(=O)CCC(C2(Cc3c(Cl)cccc3Cl)CNC2)C1. The first-order valence-electron chi connectivity index (χ1n) is 6.76. The molecule has 3 nitrogen and oxygen atoms in total. The van der Waals surface area contributed by atoms with Gasteiger partial charge in [0.05, 0.1) is 11.5 Å². The average Bonchev–Trinajstić information content (AvgIpc) is 2.67. The normalized spacial score (nSPS) is 27.2. The Kier molecular flexibility index (Phi) is 3.78. The highest BCUT2D eigenvalue weighted by Crippen LogP contribution is 2.44. The van der Waals surface area contributed by atoms with Crippen molar-refractivity contribution < 1.29 is 8.42 Å². The topological polar surface area (TPSA) is 46.2 Å². The van der Waals surface area contributed by atoms with Gasteiger partial charge in [0.25, 0.3) is 0 Å². The lowest BCUT2D eigenvalue weighted by atomic mass is 9.66. The van der Waals surface area contributed by atoms with Gasteiger partial charge in [-0.1, -0.05) is 29.3 Å². The lowest BCUT2D eigenvalue weighted by Gasteiger charge is -2.47. The number of nitrogens with one attached hydrogen (secondary N) is 1. The molecule has 0 saturated carbocycles. The van der Waals surface area contributed by atoms with Crippen molar-refractivity contribution >= 4 is 33.0 Å². The van der Waals surface area contributed by atoms with Gasteiger partial charge >= 0.3 is 0 Å². The van der Waals surface area contributed by atoms with Crippen molar-refractivity contribution in [3.63, 3.8) is 0 Å². The van der Waals surface area contributed by atoms with E-state index in [0.717, 1.165) is 31.5 Å². The Morgan fingerprint density at radius 2 is 1.90 bits per heavy atom. The Hall–Kier alpha value is -0.290. The molecular weight excluding hydrogens is 317 g/mol. The fraction of sp³-hybridized carbons (Fsp3) is 0.571. The zero-order valence-corrected chi connectivity index (χ0v) is 13.4. The second kappa shape index (κ2) is 5.16.